The highest BCUT2D eigenvalue weighted by Gasteiger charge is 2.22. The summed E-state index contributed by atoms with van der Waals surface area (Å²) >= 11 is 6.91. The minimum Gasteiger partial charge on any atom is -0.465 e. The van der Waals surface area contributed by atoms with E-state index in [0.29, 0.717) is 5.56 Å². The van der Waals surface area contributed by atoms with Crippen molar-refractivity contribution in [2.75, 3.05) is 7.11 Å². The number of ether oxygens (including phenoxy) is 1. The number of benzene rings is 6. The Labute approximate surface area is 294 Å². The van der Waals surface area contributed by atoms with Gasteiger partial charge in [0.1, 0.15) is 22.3 Å². The number of hydrogen-bond acceptors (Lipinski definition) is 5. The molecule has 2 heterocycles. The first-order valence-corrected chi connectivity index (χ1v) is 16.9. The van der Waals surface area contributed by atoms with Crippen LogP contribution in [0.1, 0.15) is 29.8 Å². The molecule has 0 fully saturated rings. The maximum absolute atomic E-state index is 12.1. The zero-order chi connectivity index (χ0) is 33.6. The maximum atomic E-state index is 12.1. The Kier molecular flexibility index (Phi) is 8.46. The number of aliphatic hydroxyl groups is 1. The van der Waals surface area contributed by atoms with Crippen molar-refractivity contribution in [3.05, 3.63) is 141 Å². The number of fused-ring (bicyclic) bond motifs is 6. The summed E-state index contributed by atoms with van der Waals surface area (Å²) in [5, 5.41) is 14.9. The van der Waals surface area contributed by atoms with E-state index in [-0.39, 0.29) is 5.97 Å². The number of furan rings is 2. The minimum atomic E-state index is -0.924. The van der Waals surface area contributed by atoms with Crippen LogP contribution in [0.2, 0.25) is 0 Å². The van der Waals surface area contributed by atoms with Gasteiger partial charge >= 0.3 is 5.97 Å². The highest BCUT2D eigenvalue weighted by molar-refractivity contribution is 9.10. The third-order valence-electron chi connectivity index (χ3n) is 8.40. The van der Waals surface area contributed by atoms with Gasteiger partial charge < -0.3 is 18.7 Å². The van der Waals surface area contributed by atoms with E-state index in [1.54, 1.807) is 6.07 Å². The number of para-hydroxylation sites is 2. The second-order valence-electron chi connectivity index (χ2n) is 12.0. The summed E-state index contributed by atoms with van der Waals surface area (Å²) in [7, 11) is 1.39. The monoisotopic (exact) mass is 760 g/mol. The maximum Gasteiger partial charge on any atom is 0.338 e. The van der Waals surface area contributed by atoms with Crippen LogP contribution in [0.4, 0.5) is 0 Å². The number of carbonyl (C=O) groups excluding carboxylic acids is 1. The van der Waals surface area contributed by atoms with Gasteiger partial charge in [0.2, 0.25) is 0 Å². The van der Waals surface area contributed by atoms with Crippen LogP contribution in [0.5, 0.6) is 0 Å². The molecule has 0 amide bonds. The van der Waals surface area contributed by atoms with Crippen molar-refractivity contribution in [3.8, 4) is 22.3 Å². The zero-order valence-electron chi connectivity index (χ0n) is 26.4. The Morgan fingerprint density at radius 3 is 1.62 bits per heavy atom. The van der Waals surface area contributed by atoms with Gasteiger partial charge in [-0.3, -0.25) is 0 Å². The highest BCUT2D eigenvalue weighted by Crippen LogP contribution is 2.38. The molecule has 6 aromatic carbocycles. The van der Waals surface area contributed by atoms with E-state index in [1.807, 2.05) is 111 Å². The van der Waals surface area contributed by atoms with Gasteiger partial charge in [0.05, 0.1) is 18.3 Å². The molecule has 0 aliphatic carbocycles. The lowest BCUT2D eigenvalue weighted by molar-refractivity contribution is 0.0601. The summed E-state index contributed by atoms with van der Waals surface area (Å²) in [5.41, 5.74) is 7.82. The van der Waals surface area contributed by atoms with Gasteiger partial charge in [-0.1, -0.05) is 92.5 Å². The van der Waals surface area contributed by atoms with Crippen molar-refractivity contribution in [2.24, 2.45) is 0 Å². The van der Waals surface area contributed by atoms with Crippen LogP contribution < -0.4 is 0 Å². The Balaban J connectivity index is 0.000000152. The molecule has 1 N–H and O–H groups in total. The molecule has 0 aliphatic heterocycles. The Morgan fingerprint density at radius 2 is 1.08 bits per heavy atom. The molecule has 0 bridgehead atoms. The predicted molar refractivity (Wildman–Crippen MR) is 200 cm³/mol. The topological polar surface area (TPSA) is 72.8 Å². The van der Waals surface area contributed by atoms with Crippen molar-refractivity contribution >= 4 is 81.7 Å². The largest absolute Gasteiger partial charge is 0.465 e. The number of methoxy groups -OCH3 is 1. The van der Waals surface area contributed by atoms with E-state index in [9.17, 15) is 9.90 Å². The molecular weight excluding hydrogens is 732 g/mol. The van der Waals surface area contributed by atoms with Crippen molar-refractivity contribution in [1.82, 2.24) is 0 Å². The molecule has 8 aromatic rings. The van der Waals surface area contributed by atoms with Gasteiger partial charge in [-0.15, -0.1) is 0 Å². The third-order valence-corrected chi connectivity index (χ3v) is 9.39. The predicted octanol–water partition coefficient (Wildman–Crippen LogP) is 12.0. The fourth-order valence-electron chi connectivity index (χ4n) is 6.11. The molecule has 0 saturated heterocycles. The van der Waals surface area contributed by atoms with Crippen LogP contribution in [0.25, 0.3) is 66.1 Å². The SMILES string of the molecule is CC(C)(O)c1cc(Br)ccc1-c1ccc2oc3ccccc3c2c1.COC(=O)c1cc(Br)ccc1-c1ccc2oc3ccccc3c2c1. The lowest BCUT2D eigenvalue weighted by Crippen LogP contribution is -2.16. The molecular formula is C41H30Br2O5. The number of esters is 1. The molecule has 0 unspecified atom stereocenters. The molecule has 0 radical (unpaired) electrons. The number of rotatable bonds is 4. The lowest BCUT2D eigenvalue weighted by Gasteiger charge is -2.22. The van der Waals surface area contributed by atoms with Crippen LogP contribution in [0, 0.1) is 0 Å². The van der Waals surface area contributed by atoms with Crippen LogP contribution in [-0.2, 0) is 10.3 Å². The smallest absolute Gasteiger partial charge is 0.338 e. The van der Waals surface area contributed by atoms with Crippen molar-refractivity contribution in [3.63, 3.8) is 0 Å². The molecule has 0 aliphatic rings. The van der Waals surface area contributed by atoms with Crippen LogP contribution >= 0.6 is 31.9 Å². The molecule has 8 rings (SSSR count). The average Bonchev–Trinajstić information content (AvgIpc) is 3.65. The zero-order valence-corrected chi connectivity index (χ0v) is 29.6. The normalized spacial score (nSPS) is 11.6. The third kappa shape index (κ3) is 6.05. The van der Waals surface area contributed by atoms with E-state index in [4.69, 9.17) is 13.6 Å². The summed E-state index contributed by atoms with van der Waals surface area (Å²) in [6, 6.07) is 39.8. The van der Waals surface area contributed by atoms with E-state index < -0.39 is 5.60 Å². The van der Waals surface area contributed by atoms with Gasteiger partial charge in [-0.05, 0) is 102 Å². The van der Waals surface area contributed by atoms with Gasteiger partial charge in [-0.2, -0.15) is 0 Å². The van der Waals surface area contributed by atoms with Gasteiger partial charge in [-0.25, -0.2) is 4.79 Å². The minimum absolute atomic E-state index is 0.358. The number of halogens is 2. The molecule has 2 aromatic heterocycles. The fraction of sp³-hybridized carbons (Fsp3) is 0.0976. The average molecular weight is 762 g/mol. The van der Waals surface area contributed by atoms with Crippen LogP contribution in [0.15, 0.2) is 139 Å². The Hall–Kier alpha value is -4.69. The van der Waals surface area contributed by atoms with E-state index in [1.165, 1.54) is 7.11 Å². The van der Waals surface area contributed by atoms with E-state index in [2.05, 4.69) is 50.1 Å². The fourth-order valence-corrected chi connectivity index (χ4v) is 6.83. The van der Waals surface area contributed by atoms with E-state index in [0.717, 1.165) is 80.6 Å². The standard InChI is InChI=1S/C21H17BrO2.C20H13BrO3/c1-21(2,23)18-12-14(22)8-9-15(18)13-7-10-20-17(11-13)16-5-3-4-6-19(16)24-20;1-23-20(22)17-11-13(21)7-8-14(17)12-6-9-19-16(10-12)15-4-2-3-5-18(15)24-19/h3-12,23H,1-2H3;2-11H,1H3. The molecule has 238 valence electrons. The van der Waals surface area contributed by atoms with Crippen LogP contribution in [0.3, 0.4) is 0 Å². The summed E-state index contributed by atoms with van der Waals surface area (Å²) in [5.74, 6) is -0.358. The summed E-state index contributed by atoms with van der Waals surface area (Å²) < 4.78 is 18.5. The molecule has 0 spiro atoms. The molecule has 0 atom stereocenters. The second-order valence-corrected chi connectivity index (χ2v) is 13.9. The van der Waals surface area contributed by atoms with Gasteiger partial charge in [0.15, 0.2) is 0 Å². The highest BCUT2D eigenvalue weighted by atomic mass is 79.9. The summed E-state index contributed by atoms with van der Waals surface area (Å²) in [6.07, 6.45) is 0. The van der Waals surface area contributed by atoms with E-state index >= 15 is 0 Å². The number of hydrogen-bond donors (Lipinski definition) is 1. The van der Waals surface area contributed by atoms with Gasteiger partial charge in [0.25, 0.3) is 0 Å². The first-order valence-electron chi connectivity index (χ1n) is 15.3. The second kappa shape index (κ2) is 12.7. The van der Waals surface area contributed by atoms with Crippen molar-refractivity contribution < 1.29 is 23.5 Å². The molecule has 0 saturated carbocycles. The molecule has 5 nitrogen and oxygen atoms in total. The summed E-state index contributed by atoms with van der Waals surface area (Å²) in [4.78, 5) is 12.1. The Morgan fingerprint density at radius 1 is 0.604 bits per heavy atom. The first-order chi connectivity index (χ1) is 23.1. The Bertz CT molecular complexity index is 2480. The van der Waals surface area contributed by atoms with Crippen molar-refractivity contribution in [2.45, 2.75) is 19.4 Å². The first kappa shape index (κ1) is 31.9. The van der Waals surface area contributed by atoms with Crippen molar-refractivity contribution in [1.29, 1.82) is 0 Å². The quantitative estimate of drug-likeness (QED) is 0.181. The number of carbonyl (C=O) groups is 1. The van der Waals surface area contributed by atoms with Gasteiger partial charge in [0, 0.05) is 30.5 Å². The van der Waals surface area contributed by atoms with Crippen LogP contribution in [-0.4, -0.2) is 18.2 Å². The lowest BCUT2D eigenvalue weighted by atomic mass is 9.89. The molecule has 48 heavy (non-hydrogen) atoms. The summed E-state index contributed by atoms with van der Waals surface area (Å²) in [6.45, 7) is 3.62. The molecule has 7 heteroatoms.